The van der Waals surface area contributed by atoms with Crippen LogP contribution in [0, 0.1) is 0 Å². The number of piperidine rings is 1. The van der Waals surface area contributed by atoms with Gasteiger partial charge in [0.1, 0.15) is 5.75 Å². The summed E-state index contributed by atoms with van der Waals surface area (Å²) in [7, 11) is 2.17. The molecule has 2 aromatic carbocycles. The second kappa shape index (κ2) is 10.2. The number of anilines is 1. The zero-order valence-corrected chi connectivity index (χ0v) is 20.6. The quantitative estimate of drug-likeness (QED) is 0.502. The topological polar surface area (TPSA) is 47.0 Å². The summed E-state index contributed by atoms with van der Waals surface area (Å²) < 4.78 is 0. The number of rotatable bonds is 6. The second-order valence-corrected chi connectivity index (χ2v) is 10.1. The Morgan fingerprint density at radius 1 is 0.943 bits per heavy atom. The number of aromatic hydroxyl groups is 1. The number of piperazine rings is 1. The summed E-state index contributed by atoms with van der Waals surface area (Å²) in [5, 5.41) is 10.1. The number of phenols is 1. The number of ketones is 1. The molecule has 0 radical (unpaired) electrons. The van der Waals surface area contributed by atoms with Crippen LogP contribution in [0.25, 0.3) is 12.2 Å². The summed E-state index contributed by atoms with van der Waals surface area (Å²) in [6.45, 7) is 9.43. The summed E-state index contributed by atoms with van der Waals surface area (Å²) >= 11 is 0. The van der Waals surface area contributed by atoms with E-state index in [0.717, 1.165) is 54.0 Å². The molecule has 2 saturated heterocycles. The van der Waals surface area contributed by atoms with Gasteiger partial charge < -0.3 is 14.9 Å². The smallest absolute Gasteiger partial charge is 0.187 e. The maximum atomic E-state index is 13.5. The van der Waals surface area contributed by atoms with Crippen LogP contribution >= 0.6 is 0 Å². The SMILES string of the molecule is C=CCc1cc(/C=C2\CN(C3CC3)C/C(=C\c3ccc(N4CCN(C)CC4)cc3)C2=O)ccc1O. The third-order valence-electron chi connectivity index (χ3n) is 7.30. The molecule has 2 aliphatic heterocycles. The molecule has 182 valence electrons. The second-order valence-electron chi connectivity index (χ2n) is 10.1. The summed E-state index contributed by atoms with van der Waals surface area (Å²) in [6.07, 6.45) is 8.85. The molecule has 3 aliphatic rings. The molecule has 0 spiro atoms. The normalized spacial score (nSPS) is 22.2. The van der Waals surface area contributed by atoms with E-state index in [1.54, 1.807) is 12.1 Å². The van der Waals surface area contributed by atoms with Gasteiger partial charge in [-0.05, 0) is 79.4 Å². The van der Waals surface area contributed by atoms with Gasteiger partial charge >= 0.3 is 0 Å². The van der Waals surface area contributed by atoms with Crippen molar-refractivity contribution in [2.75, 3.05) is 51.2 Å². The van der Waals surface area contributed by atoms with Crippen LogP contribution < -0.4 is 4.90 Å². The van der Waals surface area contributed by atoms with Crippen molar-refractivity contribution in [2.45, 2.75) is 25.3 Å². The summed E-state index contributed by atoms with van der Waals surface area (Å²) in [5.41, 5.74) is 5.76. The third-order valence-corrected chi connectivity index (χ3v) is 7.30. The Morgan fingerprint density at radius 3 is 2.20 bits per heavy atom. The molecule has 0 bridgehead atoms. The first-order valence-corrected chi connectivity index (χ1v) is 12.7. The van der Waals surface area contributed by atoms with Crippen molar-refractivity contribution in [3.63, 3.8) is 0 Å². The highest BCUT2D eigenvalue weighted by atomic mass is 16.3. The molecule has 2 aromatic rings. The van der Waals surface area contributed by atoms with Gasteiger partial charge in [-0.3, -0.25) is 9.69 Å². The molecule has 2 heterocycles. The Labute approximate surface area is 208 Å². The minimum Gasteiger partial charge on any atom is -0.508 e. The van der Waals surface area contributed by atoms with Gasteiger partial charge in [-0.15, -0.1) is 6.58 Å². The van der Waals surface area contributed by atoms with Gasteiger partial charge in [0.15, 0.2) is 5.78 Å². The zero-order chi connectivity index (χ0) is 24.4. The first-order chi connectivity index (χ1) is 17.0. The number of hydrogen-bond donors (Lipinski definition) is 1. The van der Waals surface area contributed by atoms with Crippen molar-refractivity contribution in [3.8, 4) is 5.75 Å². The van der Waals surface area contributed by atoms with Crippen LogP contribution in [-0.4, -0.2) is 73.0 Å². The highest BCUT2D eigenvalue weighted by Gasteiger charge is 2.35. The van der Waals surface area contributed by atoms with Gasteiger partial charge in [0.05, 0.1) is 0 Å². The van der Waals surface area contributed by atoms with Gasteiger partial charge in [0, 0.05) is 62.1 Å². The molecular weight excluding hydrogens is 434 g/mol. The number of Topliss-reactive ketones (excluding diaryl/α,β-unsaturated/α-hetero) is 1. The molecule has 1 N–H and O–H groups in total. The molecule has 0 amide bonds. The fraction of sp³-hybridized carbons (Fsp3) is 0.367. The van der Waals surface area contributed by atoms with Crippen LogP contribution in [0.2, 0.25) is 0 Å². The average molecular weight is 470 g/mol. The van der Waals surface area contributed by atoms with Crippen molar-refractivity contribution >= 4 is 23.6 Å². The minimum absolute atomic E-state index is 0.128. The highest BCUT2D eigenvalue weighted by molar-refractivity contribution is 6.14. The number of allylic oxidation sites excluding steroid dienone is 1. The van der Waals surface area contributed by atoms with Crippen LogP contribution in [0.15, 0.2) is 66.3 Å². The van der Waals surface area contributed by atoms with Crippen LogP contribution in [0.1, 0.15) is 29.5 Å². The van der Waals surface area contributed by atoms with Crippen molar-refractivity contribution in [2.24, 2.45) is 0 Å². The van der Waals surface area contributed by atoms with Crippen molar-refractivity contribution in [1.29, 1.82) is 0 Å². The van der Waals surface area contributed by atoms with E-state index in [1.165, 1.54) is 18.5 Å². The Hall–Kier alpha value is -3.15. The van der Waals surface area contributed by atoms with Gasteiger partial charge in [0.2, 0.25) is 0 Å². The first kappa shape index (κ1) is 23.6. The fourth-order valence-electron chi connectivity index (χ4n) is 5.03. The number of likely N-dealkylation sites (N-methyl/N-ethyl adjacent to an activating group) is 1. The molecule has 5 rings (SSSR count). The molecule has 3 fully saturated rings. The lowest BCUT2D eigenvalue weighted by atomic mass is 9.93. The molecule has 0 aromatic heterocycles. The first-order valence-electron chi connectivity index (χ1n) is 12.7. The Morgan fingerprint density at radius 2 is 1.57 bits per heavy atom. The van der Waals surface area contributed by atoms with E-state index in [-0.39, 0.29) is 11.5 Å². The number of nitrogens with zero attached hydrogens (tertiary/aromatic N) is 3. The lowest BCUT2D eigenvalue weighted by Crippen LogP contribution is -2.44. The van der Waals surface area contributed by atoms with Gasteiger partial charge in [-0.1, -0.05) is 24.3 Å². The van der Waals surface area contributed by atoms with Crippen LogP contribution in [-0.2, 0) is 11.2 Å². The molecule has 1 aliphatic carbocycles. The van der Waals surface area contributed by atoms with Crippen molar-refractivity contribution in [1.82, 2.24) is 9.80 Å². The monoisotopic (exact) mass is 469 g/mol. The van der Waals surface area contributed by atoms with E-state index in [2.05, 4.69) is 58.7 Å². The number of carbonyl (C=O) groups excluding carboxylic acids is 1. The lowest BCUT2D eigenvalue weighted by molar-refractivity contribution is -0.113. The van der Waals surface area contributed by atoms with Gasteiger partial charge in [0.25, 0.3) is 0 Å². The summed E-state index contributed by atoms with van der Waals surface area (Å²) in [5.74, 6) is 0.394. The van der Waals surface area contributed by atoms with E-state index in [4.69, 9.17) is 0 Å². The molecule has 0 unspecified atom stereocenters. The van der Waals surface area contributed by atoms with Crippen LogP contribution in [0.5, 0.6) is 5.75 Å². The predicted molar refractivity (Wildman–Crippen MR) is 144 cm³/mol. The standard InChI is InChI=1S/C30H35N3O2/c1-3-4-24-18-23(7-12-29(24)34)19-26-21-33(28-10-11-28)20-25(30(26)35)17-22-5-8-27(9-6-22)32-15-13-31(2)14-16-32/h3,5-9,12,17-19,28,34H,1,4,10-11,13-16,20-21H2,2H3/b25-17+,26-19+. The maximum absolute atomic E-state index is 13.5. The molecule has 0 atom stereocenters. The zero-order valence-electron chi connectivity index (χ0n) is 20.6. The summed E-state index contributed by atoms with van der Waals surface area (Å²) in [6, 6.07) is 14.7. The maximum Gasteiger partial charge on any atom is 0.187 e. The van der Waals surface area contributed by atoms with E-state index in [1.807, 2.05) is 18.2 Å². The minimum atomic E-state index is 0.128. The van der Waals surface area contributed by atoms with E-state index < -0.39 is 0 Å². The van der Waals surface area contributed by atoms with E-state index in [9.17, 15) is 9.90 Å². The Balaban J connectivity index is 1.38. The van der Waals surface area contributed by atoms with Crippen molar-refractivity contribution < 1.29 is 9.90 Å². The van der Waals surface area contributed by atoms with E-state index >= 15 is 0 Å². The largest absolute Gasteiger partial charge is 0.508 e. The Bertz CT molecular complexity index is 1150. The number of phenolic OH excluding ortho intramolecular Hbond substituents is 1. The number of carbonyl (C=O) groups is 1. The molecule has 5 heteroatoms. The van der Waals surface area contributed by atoms with Crippen molar-refractivity contribution in [3.05, 3.63) is 83.0 Å². The van der Waals surface area contributed by atoms with Crippen LogP contribution in [0.3, 0.4) is 0 Å². The Kier molecular flexibility index (Phi) is 6.89. The molecule has 1 saturated carbocycles. The molecule has 35 heavy (non-hydrogen) atoms. The molecule has 5 nitrogen and oxygen atoms in total. The number of benzene rings is 2. The fourth-order valence-corrected chi connectivity index (χ4v) is 5.03. The number of likely N-dealkylation sites (tertiary alicyclic amines) is 1. The predicted octanol–water partition coefficient (Wildman–Crippen LogP) is 4.39. The highest BCUT2D eigenvalue weighted by Crippen LogP contribution is 2.33. The third kappa shape index (κ3) is 5.58. The van der Waals surface area contributed by atoms with Gasteiger partial charge in [-0.25, -0.2) is 0 Å². The van der Waals surface area contributed by atoms with Crippen LogP contribution in [0.4, 0.5) is 5.69 Å². The average Bonchev–Trinajstić information content (AvgIpc) is 3.70. The summed E-state index contributed by atoms with van der Waals surface area (Å²) in [4.78, 5) is 20.7. The lowest BCUT2D eigenvalue weighted by Gasteiger charge is -2.34. The molecular formula is C30H35N3O2. The van der Waals surface area contributed by atoms with E-state index in [0.29, 0.717) is 25.6 Å². The number of hydrogen-bond acceptors (Lipinski definition) is 5. The van der Waals surface area contributed by atoms with Gasteiger partial charge in [-0.2, -0.15) is 0 Å².